The van der Waals surface area contributed by atoms with Crippen LogP contribution in [0.15, 0.2) is 29.6 Å². The summed E-state index contributed by atoms with van der Waals surface area (Å²) in [6, 6.07) is 8.43. The molecule has 1 N–H and O–H groups in total. The zero-order chi connectivity index (χ0) is 18.4. The number of urea groups is 1. The smallest absolute Gasteiger partial charge is 0.317 e. The molecular weight excluding hydrogens is 330 g/mol. The van der Waals surface area contributed by atoms with Gasteiger partial charge in [0.25, 0.3) is 0 Å². The third-order valence-corrected chi connectivity index (χ3v) is 5.33. The van der Waals surface area contributed by atoms with E-state index in [0.29, 0.717) is 24.9 Å². The number of hydrogen-bond acceptors (Lipinski definition) is 3. The van der Waals surface area contributed by atoms with E-state index in [-0.39, 0.29) is 6.03 Å². The Balaban J connectivity index is 1.77. The number of carbonyl (C=O) groups excluding carboxylic acids is 1. The predicted molar refractivity (Wildman–Crippen MR) is 105 cm³/mol. The Bertz CT molecular complexity index is 677. The maximum Gasteiger partial charge on any atom is 0.317 e. The highest BCUT2D eigenvalue weighted by molar-refractivity contribution is 7.09. The van der Waals surface area contributed by atoms with E-state index in [1.807, 2.05) is 7.05 Å². The van der Waals surface area contributed by atoms with Gasteiger partial charge in [0.2, 0.25) is 0 Å². The average molecular weight is 360 g/mol. The summed E-state index contributed by atoms with van der Waals surface area (Å²) in [5.41, 5.74) is 3.52. The molecule has 0 bridgehead atoms. The fourth-order valence-corrected chi connectivity index (χ4v) is 3.36. The van der Waals surface area contributed by atoms with Crippen molar-refractivity contribution in [2.45, 2.75) is 52.5 Å². The van der Waals surface area contributed by atoms with E-state index in [4.69, 9.17) is 0 Å². The van der Waals surface area contributed by atoms with Crippen molar-refractivity contribution in [3.63, 3.8) is 0 Å². The molecule has 1 aromatic carbocycles. The van der Waals surface area contributed by atoms with E-state index in [0.717, 1.165) is 22.7 Å². The molecule has 0 aliphatic carbocycles. The van der Waals surface area contributed by atoms with E-state index < -0.39 is 0 Å². The van der Waals surface area contributed by atoms with Gasteiger partial charge in [-0.3, -0.25) is 0 Å². The lowest BCUT2D eigenvalue weighted by molar-refractivity contribution is 0.207. The van der Waals surface area contributed by atoms with E-state index in [2.05, 4.69) is 67.6 Å². The van der Waals surface area contributed by atoms with Gasteiger partial charge >= 0.3 is 6.03 Å². The number of thiazole rings is 1. The molecule has 0 unspecified atom stereocenters. The quantitative estimate of drug-likeness (QED) is 0.773. The number of nitrogens with one attached hydrogen (secondary N) is 1. The number of nitrogens with zero attached hydrogens (tertiary/aromatic N) is 2. The second-order valence-electron chi connectivity index (χ2n) is 7.07. The lowest BCUT2D eigenvalue weighted by atomic mass is 10.0. The minimum Gasteiger partial charge on any atom is -0.338 e. The highest BCUT2D eigenvalue weighted by Crippen LogP contribution is 2.19. The van der Waals surface area contributed by atoms with Crippen LogP contribution >= 0.6 is 11.3 Å². The SMILES string of the molecule is CC(C)c1ccc(CN(C)C(=O)NCCc2csc(C(C)C)n2)cc1. The number of hydrogen-bond donors (Lipinski definition) is 1. The molecule has 1 heterocycles. The number of rotatable bonds is 7. The Morgan fingerprint density at radius 1 is 1.16 bits per heavy atom. The lowest BCUT2D eigenvalue weighted by Crippen LogP contribution is -2.37. The molecular formula is C20H29N3OS. The second kappa shape index (κ2) is 8.99. The molecule has 0 saturated heterocycles. The number of amides is 2. The van der Waals surface area contributed by atoms with Crippen LogP contribution < -0.4 is 5.32 Å². The van der Waals surface area contributed by atoms with Gasteiger partial charge in [0.1, 0.15) is 0 Å². The van der Waals surface area contributed by atoms with Crippen LogP contribution in [0, 0.1) is 0 Å². The topological polar surface area (TPSA) is 45.2 Å². The molecule has 0 aliphatic rings. The Morgan fingerprint density at radius 3 is 2.40 bits per heavy atom. The molecule has 0 atom stereocenters. The molecule has 0 radical (unpaired) electrons. The van der Waals surface area contributed by atoms with Gasteiger partial charge in [-0.25, -0.2) is 9.78 Å². The fraction of sp³-hybridized carbons (Fsp3) is 0.500. The van der Waals surface area contributed by atoms with E-state index in [1.54, 1.807) is 16.2 Å². The zero-order valence-electron chi connectivity index (χ0n) is 15.9. The molecule has 5 heteroatoms. The van der Waals surface area contributed by atoms with E-state index in [9.17, 15) is 4.79 Å². The summed E-state index contributed by atoms with van der Waals surface area (Å²) in [6.07, 6.45) is 0.770. The molecule has 136 valence electrons. The molecule has 0 spiro atoms. The van der Waals surface area contributed by atoms with Crippen molar-refractivity contribution >= 4 is 17.4 Å². The molecule has 2 rings (SSSR count). The lowest BCUT2D eigenvalue weighted by Gasteiger charge is -2.18. The number of carbonyl (C=O) groups is 1. The van der Waals surface area contributed by atoms with Crippen molar-refractivity contribution in [2.24, 2.45) is 0 Å². The maximum absolute atomic E-state index is 12.2. The van der Waals surface area contributed by atoms with Crippen molar-refractivity contribution in [1.29, 1.82) is 0 Å². The van der Waals surface area contributed by atoms with Crippen molar-refractivity contribution in [2.75, 3.05) is 13.6 Å². The van der Waals surface area contributed by atoms with Gasteiger partial charge in [0.15, 0.2) is 0 Å². The standard InChI is InChI=1S/C20H29N3OS/c1-14(2)17-8-6-16(7-9-17)12-23(5)20(24)21-11-10-18-13-25-19(22-18)15(3)4/h6-9,13-15H,10-12H2,1-5H3,(H,21,24). The van der Waals surface area contributed by atoms with Gasteiger partial charge in [-0.2, -0.15) is 0 Å². The normalized spacial score (nSPS) is 11.2. The van der Waals surface area contributed by atoms with Crippen molar-refractivity contribution in [3.05, 3.63) is 51.5 Å². The van der Waals surface area contributed by atoms with Crippen LogP contribution in [0.4, 0.5) is 4.79 Å². The summed E-state index contributed by atoms with van der Waals surface area (Å²) in [7, 11) is 1.82. The molecule has 4 nitrogen and oxygen atoms in total. The van der Waals surface area contributed by atoms with Crippen molar-refractivity contribution in [1.82, 2.24) is 15.2 Å². The maximum atomic E-state index is 12.2. The first-order valence-electron chi connectivity index (χ1n) is 8.89. The second-order valence-corrected chi connectivity index (χ2v) is 7.96. The predicted octanol–water partition coefficient (Wildman–Crippen LogP) is 4.77. The minimum atomic E-state index is -0.0488. The molecule has 2 amide bonds. The van der Waals surface area contributed by atoms with Crippen molar-refractivity contribution in [3.8, 4) is 0 Å². The summed E-state index contributed by atoms with van der Waals surface area (Å²) in [5.74, 6) is 0.985. The van der Waals surface area contributed by atoms with Gasteiger partial charge < -0.3 is 10.2 Å². The van der Waals surface area contributed by atoms with Gasteiger partial charge in [-0.05, 0) is 17.0 Å². The van der Waals surface area contributed by atoms with Crippen LogP contribution in [0.2, 0.25) is 0 Å². The fourth-order valence-electron chi connectivity index (χ4n) is 2.49. The summed E-state index contributed by atoms with van der Waals surface area (Å²) in [4.78, 5) is 18.5. The Morgan fingerprint density at radius 2 is 1.84 bits per heavy atom. The van der Waals surface area contributed by atoms with Gasteiger partial charge in [-0.15, -0.1) is 11.3 Å². The average Bonchev–Trinajstić information content (AvgIpc) is 3.04. The van der Waals surface area contributed by atoms with Crippen LogP contribution in [0.3, 0.4) is 0 Å². The molecule has 25 heavy (non-hydrogen) atoms. The van der Waals surface area contributed by atoms with Crippen LogP contribution in [-0.4, -0.2) is 29.5 Å². The number of benzene rings is 1. The van der Waals surface area contributed by atoms with Crippen LogP contribution in [-0.2, 0) is 13.0 Å². The van der Waals surface area contributed by atoms with Crippen LogP contribution in [0.25, 0.3) is 0 Å². The van der Waals surface area contributed by atoms with Crippen molar-refractivity contribution < 1.29 is 4.79 Å². The van der Waals surface area contributed by atoms with E-state index >= 15 is 0 Å². The first-order chi connectivity index (χ1) is 11.9. The molecule has 1 aromatic heterocycles. The zero-order valence-corrected chi connectivity index (χ0v) is 16.7. The Hall–Kier alpha value is -1.88. The van der Waals surface area contributed by atoms with Gasteiger partial charge in [0.05, 0.1) is 10.7 Å². The highest BCUT2D eigenvalue weighted by Gasteiger charge is 2.10. The van der Waals surface area contributed by atoms with Crippen LogP contribution in [0.1, 0.15) is 61.4 Å². The molecule has 0 fully saturated rings. The van der Waals surface area contributed by atoms with E-state index in [1.165, 1.54) is 5.56 Å². The summed E-state index contributed by atoms with van der Waals surface area (Å²) < 4.78 is 0. The summed E-state index contributed by atoms with van der Waals surface area (Å²) >= 11 is 1.69. The first-order valence-corrected chi connectivity index (χ1v) is 9.77. The molecule has 0 aliphatic heterocycles. The molecule has 0 saturated carbocycles. The first kappa shape index (κ1) is 19.4. The van der Waals surface area contributed by atoms with Gasteiger partial charge in [0, 0.05) is 37.9 Å². The highest BCUT2D eigenvalue weighted by atomic mass is 32.1. The Kier molecular flexibility index (Phi) is 7.00. The summed E-state index contributed by atoms with van der Waals surface area (Å²) in [5, 5.41) is 6.21. The minimum absolute atomic E-state index is 0.0488. The summed E-state index contributed by atoms with van der Waals surface area (Å²) in [6.45, 7) is 9.87. The third kappa shape index (κ3) is 5.85. The molecule has 2 aromatic rings. The largest absolute Gasteiger partial charge is 0.338 e. The Labute approximate surface area is 155 Å². The monoisotopic (exact) mass is 359 g/mol. The van der Waals surface area contributed by atoms with Gasteiger partial charge in [-0.1, -0.05) is 52.0 Å². The van der Waals surface area contributed by atoms with Crippen LogP contribution in [0.5, 0.6) is 0 Å². The third-order valence-electron chi connectivity index (χ3n) is 4.13. The number of aromatic nitrogens is 1.